The van der Waals surface area contributed by atoms with Crippen LogP contribution in [0.25, 0.3) is 0 Å². The molecule has 1 atom stereocenters. The van der Waals surface area contributed by atoms with Crippen molar-refractivity contribution in [2.75, 3.05) is 0 Å². The first-order valence-electron chi connectivity index (χ1n) is 15.1. The van der Waals surface area contributed by atoms with Crippen LogP contribution in [0.15, 0.2) is 11.1 Å². The minimum atomic E-state index is -1.21. The molecule has 0 rings (SSSR count). The second-order valence-corrected chi connectivity index (χ2v) is 10.5. The summed E-state index contributed by atoms with van der Waals surface area (Å²) in [5.41, 5.74) is 0.612. The molecule has 0 radical (unpaired) electrons. The van der Waals surface area contributed by atoms with Gasteiger partial charge in [-0.2, -0.15) is 0 Å². The highest BCUT2D eigenvalue weighted by Crippen LogP contribution is 2.25. The van der Waals surface area contributed by atoms with Crippen LogP contribution in [0.4, 0.5) is 4.39 Å². The van der Waals surface area contributed by atoms with Crippen LogP contribution in [0, 0.1) is 0 Å². The van der Waals surface area contributed by atoms with Crippen molar-refractivity contribution < 1.29 is 14.3 Å². The average Bonchev–Trinajstić information content (AvgIpc) is 2.82. The van der Waals surface area contributed by atoms with Gasteiger partial charge in [-0.1, -0.05) is 149 Å². The number of carboxylic acids is 1. The number of allylic oxidation sites excluding steroid dienone is 1. The van der Waals surface area contributed by atoms with Crippen LogP contribution in [0.5, 0.6) is 0 Å². The standard InChI is InChI=1S/C31H59FO2/c1-4-6-8-10-12-13-14-15-16-17-18-19-21-22-24-26-29(28(3)31(33)34)30(32)27-25-23-20-11-9-7-5-2/h30H,4-27H2,1-3H3,(H,33,34)/p-1/b29-28-. The molecule has 2 nitrogen and oxygen atoms in total. The van der Waals surface area contributed by atoms with E-state index >= 15 is 0 Å². The van der Waals surface area contributed by atoms with Gasteiger partial charge in [0.15, 0.2) is 0 Å². The zero-order chi connectivity index (χ0) is 25.3. The van der Waals surface area contributed by atoms with E-state index in [2.05, 4.69) is 13.8 Å². The second kappa shape index (κ2) is 25.2. The van der Waals surface area contributed by atoms with Crippen molar-refractivity contribution in [1.82, 2.24) is 0 Å². The first-order chi connectivity index (χ1) is 16.5. The van der Waals surface area contributed by atoms with Gasteiger partial charge in [-0.25, -0.2) is 4.39 Å². The van der Waals surface area contributed by atoms with Gasteiger partial charge < -0.3 is 9.90 Å². The number of carbonyl (C=O) groups is 1. The molecule has 34 heavy (non-hydrogen) atoms. The van der Waals surface area contributed by atoms with Crippen LogP contribution in [0.3, 0.4) is 0 Å². The predicted octanol–water partition coefficient (Wildman–Crippen LogP) is 9.79. The van der Waals surface area contributed by atoms with Gasteiger partial charge in [0.05, 0.1) is 5.97 Å². The summed E-state index contributed by atoms with van der Waals surface area (Å²) in [6.07, 6.45) is 27.4. The largest absolute Gasteiger partial charge is 0.545 e. The molecule has 0 aromatic heterocycles. The molecule has 0 aliphatic carbocycles. The number of aliphatic carboxylic acids is 1. The Kier molecular flexibility index (Phi) is 24.6. The smallest absolute Gasteiger partial charge is 0.122 e. The van der Waals surface area contributed by atoms with Crippen LogP contribution < -0.4 is 5.11 Å². The number of hydrogen-bond donors (Lipinski definition) is 0. The summed E-state index contributed by atoms with van der Waals surface area (Å²) in [4.78, 5) is 11.3. The summed E-state index contributed by atoms with van der Waals surface area (Å²) < 4.78 is 14.8. The van der Waals surface area contributed by atoms with Crippen molar-refractivity contribution in [1.29, 1.82) is 0 Å². The normalized spacial score (nSPS) is 13.2. The first-order valence-corrected chi connectivity index (χ1v) is 15.1. The predicted molar refractivity (Wildman–Crippen MR) is 145 cm³/mol. The molecule has 0 aromatic rings. The molecule has 0 aromatic carbocycles. The summed E-state index contributed by atoms with van der Waals surface area (Å²) in [7, 11) is 0. The Morgan fingerprint density at radius 2 is 0.912 bits per heavy atom. The molecular weight excluding hydrogens is 423 g/mol. The molecule has 0 heterocycles. The molecule has 0 spiro atoms. The Labute approximate surface area is 212 Å². The van der Waals surface area contributed by atoms with E-state index in [0.29, 0.717) is 18.4 Å². The Hall–Kier alpha value is -0.860. The van der Waals surface area contributed by atoms with E-state index in [0.717, 1.165) is 32.1 Å². The van der Waals surface area contributed by atoms with E-state index in [4.69, 9.17) is 0 Å². The number of hydrogen-bond acceptors (Lipinski definition) is 2. The monoisotopic (exact) mass is 481 g/mol. The first kappa shape index (κ1) is 33.1. The van der Waals surface area contributed by atoms with E-state index < -0.39 is 12.1 Å². The maximum atomic E-state index is 14.8. The van der Waals surface area contributed by atoms with Crippen LogP contribution in [-0.4, -0.2) is 12.1 Å². The number of rotatable bonds is 26. The highest BCUT2D eigenvalue weighted by Gasteiger charge is 2.16. The van der Waals surface area contributed by atoms with E-state index in [1.54, 1.807) is 0 Å². The number of halogens is 1. The molecule has 0 bridgehead atoms. The molecule has 0 aliphatic rings. The van der Waals surface area contributed by atoms with Gasteiger partial charge in [-0.05, 0) is 37.3 Å². The lowest BCUT2D eigenvalue weighted by Gasteiger charge is -2.18. The van der Waals surface area contributed by atoms with E-state index in [1.807, 2.05) is 0 Å². The fourth-order valence-electron chi connectivity index (χ4n) is 4.85. The number of alkyl halides is 1. The average molecular weight is 482 g/mol. The minimum Gasteiger partial charge on any atom is -0.545 e. The maximum Gasteiger partial charge on any atom is 0.122 e. The summed E-state index contributed by atoms with van der Waals surface area (Å²) in [5.74, 6) is -1.21. The lowest BCUT2D eigenvalue weighted by atomic mass is 9.94. The third-order valence-electron chi connectivity index (χ3n) is 7.28. The molecule has 0 aliphatic heterocycles. The van der Waals surface area contributed by atoms with E-state index in [9.17, 15) is 14.3 Å². The van der Waals surface area contributed by atoms with Crippen molar-refractivity contribution in [3.63, 3.8) is 0 Å². The Morgan fingerprint density at radius 3 is 1.26 bits per heavy atom. The Balaban J connectivity index is 3.85. The number of carboxylic acid groups (broad SMARTS) is 1. The van der Waals surface area contributed by atoms with Crippen LogP contribution in [0.1, 0.15) is 175 Å². The third-order valence-corrected chi connectivity index (χ3v) is 7.28. The zero-order valence-electron chi connectivity index (χ0n) is 23.2. The van der Waals surface area contributed by atoms with Gasteiger partial charge in [0.2, 0.25) is 0 Å². The quantitative estimate of drug-likeness (QED) is 0.0910. The van der Waals surface area contributed by atoms with Crippen molar-refractivity contribution in [2.24, 2.45) is 0 Å². The zero-order valence-corrected chi connectivity index (χ0v) is 23.2. The van der Waals surface area contributed by atoms with Crippen LogP contribution in [0.2, 0.25) is 0 Å². The molecule has 1 unspecified atom stereocenters. The molecule has 0 saturated heterocycles. The van der Waals surface area contributed by atoms with E-state index in [-0.39, 0.29) is 5.57 Å². The van der Waals surface area contributed by atoms with Gasteiger partial charge in [0.1, 0.15) is 6.17 Å². The lowest BCUT2D eigenvalue weighted by Crippen LogP contribution is -2.26. The minimum absolute atomic E-state index is 0.126. The van der Waals surface area contributed by atoms with Crippen LogP contribution in [-0.2, 0) is 4.79 Å². The van der Waals surface area contributed by atoms with Crippen molar-refractivity contribution >= 4 is 5.97 Å². The van der Waals surface area contributed by atoms with Crippen molar-refractivity contribution in [2.45, 2.75) is 181 Å². The summed E-state index contributed by atoms with van der Waals surface area (Å²) in [5, 5.41) is 11.3. The fourth-order valence-corrected chi connectivity index (χ4v) is 4.85. The Bertz CT molecular complexity index is 486. The van der Waals surface area contributed by atoms with Crippen molar-refractivity contribution in [3.8, 4) is 0 Å². The van der Waals surface area contributed by atoms with E-state index in [1.165, 1.54) is 116 Å². The van der Waals surface area contributed by atoms with Gasteiger partial charge in [0.25, 0.3) is 0 Å². The highest BCUT2D eigenvalue weighted by atomic mass is 19.1. The fraction of sp³-hybridized carbons (Fsp3) is 0.903. The lowest BCUT2D eigenvalue weighted by molar-refractivity contribution is -0.299. The Morgan fingerprint density at radius 1 is 0.588 bits per heavy atom. The van der Waals surface area contributed by atoms with Gasteiger partial charge in [0, 0.05) is 0 Å². The maximum absolute atomic E-state index is 14.8. The SMILES string of the molecule is CCCCCCCCCCCCCCCCC/C(=C(\C)C(=O)[O-])C(F)CCCCCCCCC. The summed E-state index contributed by atoms with van der Waals surface area (Å²) >= 11 is 0. The molecular formula is C31H58FO2-. The van der Waals surface area contributed by atoms with Gasteiger partial charge in [-0.3, -0.25) is 0 Å². The molecule has 0 saturated carbocycles. The molecule has 202 valence electrons. The molecule has 0 N–H and O–H groups in total. The van der Waals surface area contributed by atoms with Gasteiger partial charge >= 0.3 is 0 Å². The summed E-state index contributed by atoms with van der Waals surface area (Å²) in [6.45, 7) is 6.00. The number of unbranched alkanes of at least 4 members (excludes halogenated alkanes) is 20. The van der Waals surface area contributed by atoms with Crippen molar-refractivity contribution in [3.05, 3.63) is 11.1 Å². The van der Waals surface area contributed by atoms with Gasteiger partial charge in [-0.15, -0.1) is 0 Å². The molecule has 0 fully saturated rings. The second-order valence-electron chi connectivity index (χ2n) is 10.5. The van der Waals surface area contributed by atoms with Crippen LogP contribution >= 0.6 is 0 Å². The molecule has 0 amide bonds. The highest BCUT2D eigenvalue weighted by molar-refractivity contribution is 5.85. The molecule has 3 heteroatoms. The number of carbonyl (C=O) groups excluding carboxylic acids is 1. The summed E-state index contributed by atoms with van der Waals surface area (Å²) in [6, 6.07) is 0. The third kappa shape index (κ3) is 20.5. The topological polar surface area (TPSA) is 40.1 Å².